The maximum Gasteiger partial charge on any atom is 0.668 e. The molecule has 0 amide bonds. The number of halogens is 1. The highest BCUT2D eigenvalue weighted by molar-refractivity contribution is 6.17. The summed E-state index contributed by atoms with van der Waals surface area (Å²) in [5, 5.41) is 0. The minimum Gasteiger partial charge on any atom is -0.483 e. The van der Waals surface area contributed by atoms with Crippen LogP contribution in [-0.2, 0) is 7.58 Å². The van der Waals surface area contributed by atoms with Crippen molar-refractivity contribution in [2.45, 2.75) is 27.7 Å². The van der Waals surface area contributed by atoms with Crippen LogP contribution >= 0.6 is 12.4 Å². The fourth-order valence-electron chi connectivity index (χ4n) is 0.512. The van der Waals surface area contributed by atoms with E-state index in [0.29, 0.717) is 11.8 Å². The maximum absolute atomic E-state index is 5.31. The quantitative estimate of drug-likeness (QED) is 0.494. The summed E-state index contributed by atoms with van der Waals surface area (Å²) in [5.74, 6) is 1.23. The van der Waals surface area contributed by atoms with E-state index in [2.05, 4.69) is 27.7 Å². The van der Waals surface area contributed by atoms with Gasteiger partial charge in [0.05, 0.1) is 0 Å². The van der Waals surface area contributed by atoms with E-state index in [-0.39, 0.29) is 28.3 Å². The van der Waals surface area contributed by atoms with Crippen LogP contribution in [0.1, 0.15) is 27.7 Å². The average Bonchev–Trinajstić information content (AvgIpc) is 1.85. The minimum absolute atomic E-state index is 0. The molecule has 0 atom stereocenters. The van der Waals surface area contributed by atoms with E-state index in [1.165, 1.54) is 0 Å². The second-order valence-corrected chi connectivity index (χ2v) is 4.41. The largest absolute Gasteiger partial charge is 0.668 e. The van der Waals surface area contributed by atoms with Gasteiger partial charge in [0, 0.05) is 13.2 Å². The van der Waals surface area contributed by atoms with E-state index in [0.717, 1.165) is 13.2 Å². The van der Waals surface area contributed by atoms with Gasteiger partial charge in [0.15, 0.2) is 0 Å². The molecule has 0 bridgehead atoms. The summed E-state index contributed by atoms with van der Waals surface area (Å²) >= 11 is -0.228. The molecule has 0 heterocycles. The average molecular weight is 210 g/mol. The van der Waals surface area contributed by atoms with Crippen molar-refractivity contribution >= 4 is 28.3 Å². The molecule has 2 nitrogen and oxygen atoms in total. The summed E-state index contributed by atoms with van der Waals surface area (Å²) in [6.45, 7) is 10.2. The molecule has 0 N–H and O–H groups in total. The van der Waals surface area contributed by atoms with Crippen LogP contribution in [0.4, 0.5) is 0 Å². The molecule has 0 aromatic heterocycles. The summed E-state index contributed by atoms with van der Waals surface area (Å²) in [4.78, 5) is 0. The van der Waals surface area contributed by atoms with Gasteiger partial charge in [0.1, 0.15) is 0 Å². The predicted octanol–water partition coefficient (Wildman–Crippen LogP) is 2.29. The topological polar surface area (TPSA) is 18.5 Å². The van der Waals surface area contributed by atoms with Crippen LogP contribution in [0.5, 0.6) is 0 Å². The van der Waals surface area contributed by atoms with Gasteiger partial charge in [-0.15, -0.1) is 12.4 Å². The molecule has 0 unspecified atom stereocenters. The Hall–Kier alpha value is 0.742. The van der Waals surface area contributed by atoms with Crippen LogP contribution in [0.3, 0.4) is 0 Å². The molecule has 1 radical (unpaired) electrons. The van der Waals surface area contributed by atoms with Gasteiger partial charge >= 0.3 is 15.9 Å². The van der Waals surface area contributed by atoms with E-state index in [1.807, 2.05) is 0 Å². The van der Waals surface area contributed by atoms with Gasteiger partial charge in [-0.3, -0.25) is 0 Å². The van der Waals surface area contributed by atoms with Crippen LogP contribution in [0.2, 0.25) is 0 Å². The summed E-state index contributed by atoms with van der Waals surface area (Å²) < 4.78 is 10.6. The smallest absolute Gasteiger partial charge is 0.483 e. The fraction of sp³-hybridized carbons (Fsp3) is 1.00. The first-order chi connectivity index (χ1) is 5.13. The molecule has 4 heteroatoms. The Kier molecular flexibility index (Phi) is 12.5. The lowest BCUT2D eigenvalue weighted by atomic mass is 10.2. The van der Waals surface area contributed by atoms with Crippen LogP contribution in [0, 0.1) is 11.8 Å². The van der Waals surface area contributed by atoms with Crippen LogP contribution < -0.4 is 0 Å². The number of hydrogen-bond donors (Lipinski definition) is 0. The maximum atomic E-state index is 5.31. The Morgan fingerprint density at radius 1 is 0.917 bits per heavy atom. The lowest BCUT2D eigenvalue weighted by molar-refractivity contribution is 0.185. The van der Waals surface area contributed by atoms with E-state index in [4.69, 9.17) is 7.58 Å². The van der Waals surface area contributed by atoms with Gasteiger partial charge in [0.25, 0.3) is 0 Å². The van der Waals surface area contributed by atoms with Crippen molar-refractivity contribution in [2.24, 2.45) is 11.8 Å². The summed E-state index contributed by atoms with van der Waals surface area (Å²) in [6, 6.07) is 0. The second-order valence-electron chi connectivity index (χ2n) is 3.55. The monoisotopic (exact) mass is 209 g/mol. The molecule has 0 aliphatic carbocycles. The first-order valence-electron chi connectivity index (χ1n) is 4.17. The van der Waals surface area contributed by atoms with Crippen molar-refractivity contribution in [3.8, 4) is 0 Å². The normalized spacial score (nSPS) is 10.2. The van der Waals surface area contributed by atoms with Crippen molar-refractivity contribution < 1.29 is 7.58 Å². The molecular weight excluding hydrogens is 191 g/mol. The summed E-state index contributed by atoms with van der Waals surface area (Å²) in [7, 11) is 0. The number of hydrogen-bond acceptors (Lipinski definition) is 2. The van der Waals surface area contributed by atoms with Gasteiger partial charge in [-0.25, -0.2) is 0 Å². The van der Waals surface area contributed by atoms with Gasteiger partial charge in [-0.05, 0) is 11.8 Å². The molecule has 12 heavy (non-hydrogen) atoms. The van der Waals surface area contributed by atoms with Gasteiger partial charge in [-0.2, -0.15) is 0 Å². The molecule has 0 spiro atoms. The molecule has 0 aliphatic heterocycles. The van der Waals surface area contributed by atoms with Crippen molar-refractivity contribution in [3.05, 3.63) is 0 Å². The van der Waals surface area contributed by atoms with E-state index >= 15 is 0 Å². The third kappa shape index (κ3) is 13.3. The lowest BCUT2D eigenvalue weighted by Gasteiger charge is -2.08. The first kappa shape index (κ1) is 15.2. The zero-order chi connectivity index (χ0) is 8.69. The third-order valence-corrected chi connectivity index (χ3v) is 1.65. The predicted molar refractivity (Wildman–Crippen MR) is 54.6 cm³/mol. The molecule has 0 rings (SSSR count). The fourth-order valence-corrected chi connectivity index (χ4v) is 1.53. The van der Waals surface area contributed by atoms with Crippen LogP contribution in [0.25, 0.3) is 0 Å². The van der Waals surface area contributed by atoms with Gasteiger partial charge in [-0.1, -0.05) is 27.7 Å². The lowest BCUT2D eigenvalue weighted by Crippen LogP contribution is -2.12. The molecule has 73 valence electrons. The van der Waals surface area contributed by atoms with Crippen LogP contribution in [0.15, 0.2) is 0 Å². The highest BCUT2D eigenvalue weighted by Crippen LogP contribution is 1.93. The van der Waals surface area contributed by atoms with Crippen molar-refractivity contribution in [1.29, 1.82) is 0 Å². The van der Waals surface area contributed by atoms with E-state index in [9.17, 15) is 0 Å². The van der Waals surface area contributed by atoms with E-state index in [1.54, 1.807) is 0 Å². The SMILES string of the molecule is CC(C)C[O][Al][O]CC(C)C.Cl. The second kappa shape index (κ2) is 9.83. The molecule has 0 aromatic carbocycles. The molecular formula is C8H19AlClO2. The summed E-state index contributed by atoms with van der Waals surface area (Å²) in [5.41, 5.74) is 0. The Bertz CT molecular complexity index is 79.1. The first-order valence-corrected chi connectivity index (χ1v) is 5.12. The molecule has 0 fully saturated rings. The highest BCUT2D eigenvalue weighted by Gasteiger charge is 2.00. The summed E-state index contributed by atoms with van der Waals surface area (Å²) in [6.07, 6.45) is 0. The van der Waals surface area contributed by atoms with Crippen molar-refractivity contribution in [2.75, 3.05) is 13.2 Å². The van der Waals surface area contributed by atoms with E-state index < -0.39 is 0 Å². The zero-order valence-corrected chi connectivity index (χ0v) is 10.3. The Labute approximate surface area is 88.8 Å². The minimum atomic E-state index is -0.228. The molecule has 0 saturated carbocycles. The number of rotatable bonds is 6. The van der Waals surface area contributed by atoms with Gasteiger partial charge in [0.2, 0.25) is 0 Å². The third-order valence-electron chi connectivity index (χ3n) is 0.995. The van der Waals surface area contributed by atoms with Gasteiger partial charge < -0.3 is 7.58 Å². The standard InChI is InChI=1S/2C4H9O.Al.ClH/c2*1-4(2)3-5;;/h2*4H,3H2,1-2H3;;1H/q2*-1;+2;. The molecule has 0 saturated heterocycles. The highest BCUT2D eigenvalue weighted by atomic mass is 35.5. The Morgan fingerprint density at radius 2 is 1.25 bits per heavy atom. The van der Waals surface area contributed by atoms with Crippen molar-refractivity contribution in [1.82, 2.24) is 0 Å². The van der Waals surface area contributed by atoms with Crippen molar-refractivity contribution in [3.63, 3.8) is 0 Å². The Balaban J connectivity index is 0. The molecule has 0 aromatic rings. The molecule has 0 aliphatic rings. The van der Waals surface area contributed by atoms with Crippen LogP contribution in [-0.4, -0.2) is 29.1 Å². The zero-order valence-electron chi connectivity index (χ0n) is 8.37. The Morgan fingerprint density at radius 3 is 1.50 bits per heavy atom.